The second-order valence-corrected chi connectivity index (χ2v) is 6.24. The summed E-state index contributed by atoms with van der Waals surface area (Å²) in [6.45, 7) is 1.76. The molecular weight excluding hydrogens is 318 g/mol. The topological polar surface area (TPSA) is 57.6 Å². The first kappa shape index (κ1) is 15.0. The van der Waals surface area contributed by atoms with Gasteiger partial charge in [0.25, 0.3) is 0 Å². The highest BCUT2D eigenvalue weighted by Crippen LogP contribution is 2.30. The lowest BCUT2D eigenvalue weighted by molar-refractivity contribution is -0.127. The molecule has 1 aromatic rings. The van der Waals surface area contributed by atoms with E-state index in [2.05, 4.69) is 15.9 Å². The number of hydrogen-bond acceptors (Lipinski definition) is 3. The summed E-state index contributed by atoms with van der Waals surface area (Å²) in [4.78, 5) is 24.9. The van der Waals surface area contributed by atoms with Gasteiger partial charge in [0.2, 0.25) is 5.91 Å². The van der Waals surface area contributed by atoms with Gasteiger partial charge in [-0.15, -0.1) is 11.8 Å². The number of amides is 1. The van der Waals surface area contributed by atoms with E-state index in [9.17, 15) is 9.59 Å². The second-order valence-electron chi connectivity index (χ2n) is 3.94. The van der Waals surface area contributed by atoms with Crippen molar-refractivity contribution in [2.24, 2.45) is 0 Å². The zero-order valence-electron chi connectivity index (χ0n) is 10.3. The first-order chi connectivity index (χ1) is 8.32. The van der Waals surface area contributed by atoms with Crippen LogP contribution in [0.1, 0.15) is 17.3 Å². The van der Waals surface area contributed by atoms with Crippen molar-refractivity contribution in [3.05, 3.63) is 28.2 Å². The third-order valence-corrected chi connectivity index (χ3v) is 3.91. The van der Waals surface area contributed by atoms with Gasteiger partial charge >= 0.3 is 5.97 Å². The molecule has 0 spiro atoms. The van der Waals surface area contributed by atoms with Gasteiger partial charge in [-0.2, -0.15) is 0 Å². The number of carbonyl (C=O) groups is 2. The minimum absolute atomic E-state index is 0.0451. The Morgan fingerprint density at radius 1 is 1.39 bits per heavy atom. The van der Waals surface area contributed by atoms with Crippen molar-refractivity contribution in [2.45, 2.75) is 17.1 Å². The van der Waals surface area contributed by atoms with E-state index in [1.807, 2.05) is 0 Å². The van der Waals surface area contributed by atoms with Gasteiger partial charge in [-0.3, -0.25) is 4.79 Å². The molecule has 1 unspecified atom stereocenters. The molecule has 4 nitrogen and oxygen atoms in total. The minimum Gasteiger partial charge on any atom is -0.478 e. The fraction of sp³-hybridized carbons (Fsp3) is 0.333. The molecule has 0 saturated heterocycles. The molecule has 0 aromatic heterocycles. The normalized spacial score (nSPS) is 12.0. The van der Waals surface area contributed by atoms with Gasteiger partial charge in [0.1, 0.15) is 0 Å². The van der Waals surface area contributed by atoms with Gasteiger partial charge in [-0.25, -0.2) is 4.79 Å². The molecule has 1 rings (SSSR count). The Kier molecular flexibility index (Phi) is 5.22. The van der Waals surface area contributed by atoms with E-state index >= 15 is 0 Å². The molecule has 6 heteroatoms. The van der Waals surface area contributed by atoms with Gasteiger partial charge < -0.3 is 10.0 Å². The molecule has 1 amide bonds. The van der Waals surface area contributed by atoms with Crippen molar-refractivity contribution in [3.63, 3.8) is 0 Å². The molecule has 0 radical (unpaired) electrons. The van der Waals surface area contributed by atoms with Gasteiger partial charge in [0.15, 0.2) is 0 Å². The first-order valence-electron chi connectivity index (χ1n) is 5.23. The minimum atomic E-state index is -0.991. The zero-order valence-corrected chi connectivity index (χ0v) is 12.7. The van der Waals surface area contributed by atoms with Crippen LogP contribution in [0.5, 0.6) is 0 Å². The Morgan fingerprint density at radius 3 is 2.50 bits per heavy atom. The maximum atomic E-state index is 11.8. The van der Waals surface area contributed by atoms with E-state index < -0.39 is 5.97 Å². The summed E-state index contributed by atoms with van der Waals surface area (Å²) in [5.41, 5.74) is 0.210. The third kappa shape index (κ3) is 3.74. The maximum Gasteiger partial charge on any atom is 0.336 e. The SMILES string of the molecule is CC(Sc1cc(Br)ccc1C(=O)O)C(=O)N(C)C. The number of thioether (sulfide) groups is 1. The van der Waals surface area contributed by atoms with Crippen LogP contribution < -0.4 is 0 Å². The summed E-state index contributed by atoms with van der Waals surface area (Å²) in [6.07, 6.45) is 0. The van der Waals surface area contributed by atoms with Crippen LogP contribution in [0, 0.1) is 0 Å². The van der Waals surface area contributed by atoms with Crippen LogP contribution in [0.3, 0.4) is 0 Å². The molecule has 0 aliphatic carbocycles. The summed E-state index contributed by atoms with van der Waals surface area (Å²) in [5.74, 6) is -1.04. The highest BCUT2D eigenvalue weighted by atomic mass is 79.9. The largest absolute Gasteiger partial charge is 0.478 e. The Balaban J connectivity index is 2.99. The molecule has 1 N–H and O–H groups in total. The summed E-state index contributed by atoms with van der Waals surface area (Å²) < 4.78 is 0.791. The summed E-state index contributed by atoms with van der Waals surface area (Å²) in [6, 6.07) is 4.92. The van der Waals surface area contributed by atoms with Crippen molar-refractivity contribution >= 4 is 39.6 Å². The summed E-state index contributed by atoms with van der Waals surface area (Å²) in [7, 11) is 3.36. The summed E-state index contributed by atoms with van der Waals surface area (Å²) in [5, 5.41) is 8.77. The molecule has 1 aromatic carbocycles. The summed E-state index contributed by atoms with van der Waals surface area (Å²) >= 11 is 4.55. The number of nitrogens with zero attached hydrogens (tertiary/aromatic N) is 1. The highest BCUT2D eigenvalue weighted by molar-refractivity contribution is 9.10. The molecule has 0 saturated carbocycles. The number of halogens is 1. The van der Waals surface area contributed by atoms with Crippen LogP contribution in [-0.4, -0.2) is 41.2 Å². The monoisotopic (exact) mass is 331 g/mol. The van der Waals surface area contributed by atoms with Gasteiger partial charge in [-0.05, 0) is 25.1 Å². The molecule has 18 heavy (non-hydrogen) atoms. The predicted molar refractivity (Wildman–Crippen MR) is 75.1 cm³/mol. The average molecular weight is 332 g/mol. The van der Waals surface area contributed by atoms with Crippen LogP contribution in [0.15, 0.2) is 27.6 Å². The molecule has 1 atom stereocenters. The van der Waals surface area contributed by atoms with Crippen LogP contribution in [-0.2, 0) is 4.79 Å². The Bertz CT molecular complexity index is 476. The van der Waals surface area contributed by atoms with Crippen molar-refractivity contribution < 1.29 is 14.7 Å². The van der Waals surface area contributed by atoms with Gasteiger partial charge in [0.05, 0.1) is 10.8 Å². The van der Waals surface area contributed by atoms with Crippen LogP contribution >= 0.6 is 27.7 Å². The van der Waals surface area contributed by atoms with Crippen LogP contribution in [0.2, 0.25) is 0 Å². The molecular formula is C12H14BrNO3S. The maximum absolute atomic E-state index is 11.8. The number of hydrogen-bond donors (Lipinski definition) is 1. The van der Waals surface area contributed by atoms with E-state index in [-0.39, 0.29) is 16.7 Å². The number of aromatic carboxylic acids is 1. The molecule has 0 aliphatic rings. The number of carbonyl (C=O) groups excluding carboxylic acids is 1. The first-order valence-corrected chi connectivity index (χ1v) is 6.91. The number of carboxylic acids is 1. The van der Waals surface area contributed by atoms with Crippen molar-refractivity contribution in [2.75, 3.05) is 14.1 Å². The van der Waals surface area contributed by atoms with Crippen molar-refractivity contribution in [1.82, 2.24) is 4.90 Å². The van der Waals surface area contributed by atoms with Gasteiger partial charge in [-0.1, -0.05) is 15.9 Å². The molecule has 0 bridgehead atoms. The zero-order chi connectivity index (χ0) is 13.9. The smallest absolute Gasteiger partial charge is 0.336 e. The van der Waals surface area contributed by atoms with E-state index in [4.69, 9.17) is 5.11 Å². The Morgan fingerprint density at radius 2 is 2.00 bits per heavy atom. The van der Waals surface area contributed by atoms with E-state index in [1.165, 1.54) is 22.7 Å². The second kappa shape index (κ2) is 6.24. The lowest BCUT2D eigenvalue weighted by Crippen LogP contribution is -2.29. The van der Waals surface area contributed by atoms with Crippen LogP contribution in [0.25, 0.3) is 0 Å². The lowest BCUT2D eigenvalue weighted by Gasteiger charge is -2.17. The third-order valence-electron chi connectivity index (χ3n) is 2.27. The van der Waals surface area contributed by atoms with E-state index in [0.29, 0.717) is 4.90 Å². The quantitative estimate of drug-likeness (QED) is 0.862. The average Bonchev–Trinajstić information content (AvgIpc) is 2.27. The fourth-order valence-electron chi connectivity index (χ4n) is 1.37. The number of carboxylic acid groups (broad SMARTS) is 1. The fourth-order valence-corrected chi connectivity index (χ4v) is 3.06. The molecule has 98 valence electrons. The van der Waals surface area contributed by atoms with Gasteiger partial charge in [0, 0.05) is 23.5 Å². The standard InChI is InChI=1S/C12H14BrNO3S/c1-7(11(15)14(2)3)18-10-6-8(13)4-5-9(10)12(16)17/h4-7H,1-3H3,(H,16,17). The Labute approximate surface area is 118 Å². The van der Waals surface area contributed by atoms with E-state index in [0.717, 1.165) is 4.47 Å². The molecule has 0 fully saturated rings. The van der Waals surface area contributed by atoms with E-state index in [1.54, 1.807) is 33.2 Å². The van der Waals surface area contributed by atoms with Crippen molar-refractivity contribution in [1.29, 1.82) is 0 Å². The molecule has 0 heterocycles. The Hall–Kier alpha value is -1.01. The predicted octanol–water partition coefficient (Wildman–Crippen LogP) is 2.72. The number of benzene rings is 1. The highest BCUT2D eigenvalue weighted by Gasteiger charge is 2.19. The number of rotatable bonds is 4. The van der Waals surface area contributed by atoms with Crippen LogP contribution in [0.4, 0.5) is 0 Å². The van der Waals surface area contributed by atoms with Crippen molar-refractivity contribution in [3.8, 4) is 0 Å². The molecule has 0 aliphatic heterocycles. The lowest BCUT2D eigenvalue weighted by atomic mass is 10.2.